The van der Waals surface area contributed by atoms with Gasteiger partial charge in [-0.3, -0.25) is 0 Å². The van der Waals surface area contributed by atoms with Gasteiger partial charge in [0.15, 0.2) is 11.5 Å². The van der Waals surface area contributed by atoms with Gasteiger partial charge < -0.3 is 19.5 Å². The van der Waals surface area contributed by atoms with Crippen molar-refractivity contribution in [3.8, 4) is 11.5 Å². The first-order chi connectivity index (χ1) is 9.85. The Hall–Kier alpha value is -1.26. The van der Waals surface area contributed by atoms with Gasteiger partial charge in [-0.1, -0.05) is 25.3 Å². The molecule has 1 atom stereocenters. The first-order valence-electron chi connectivity index (χ1n) is 7.63. The van der Waals surface area contributed by atoms with Crippen LogP contribution in [0, 0.1) is 0 Å². The SMILES string of the molecule is c1cc2c(cc1C1CNCC3(CCCCC3)O1)OCO2. The standard InChI is InChI=1S/C16H21NO3/c1-2-6-16(7-3-1)10-17-9-15(20-16)12-4-5-13-14(8-12)19-11-18-13/h4-5,8,15,17H,1-3,6-7,9-11H2. The minimum absolute atomic E-state index is 0.0531. The minimum atomic E-state index is 0.0531. The van der Waals surface area contributed by atoms with E-state index in [0.29, 0.717) is 6.79 Å². The van der Waals surface area contributed by atoms with Crippen molar-refractivity contribution in [1.29, 1.82) is 0 Å². The van der Waals surface area contributed by atoms with Crippen LogP contribution in [0.25, 0.3) is 0 Å². The number of fused-ring (bicyclic) bond motifs is 1. The van der Waals surface area contributed by atoms with Crippen molar-refractivity contribution in [3.05, 3.63) is 23.8 Å². The molecule has 0 aromatic heterocycles. The average Bonchev–Trinajstić information content (AvgIpc) is 2.95. The monoisotopic (exact) mass is 275 g/mol. The van der Waals surface area contributed by atoms with Crippen molar-refractivity contribution >= 4 is 0 Å². The van der Waals surface area contributed by atoms with Crippen LogP contribution < -0.4 is 14.8 Å². The topological polar surface area (TPSA) is 39.7 Å². The third kappa shape index (κ3) is 2.17. The van der Waals surface area contributed by atoms with Crippen LogP contribution in [0.15, 0.2) is 18.2 Å². The second-order valence-corrected chi connectivity index (χ2v) is 6.09. The lowest BCUT2D eigenvalue weighted by Crippen LogP contribution is -2.51. The average molecular weight is 275 g/mol. The van der Waals surface area contributed by atoms with Gasteiger partial charge in [0.05, 0.1) is 11.7 Å². The Morgan fingerprint density at radius 2 is 1.90 bits per heavy atom. The van der Waals surface area contributed by atoms with Crippen molar-refractivity contribution in [2.75, 3.05) is 19.9 Å². The molecule has 108 valence electrons. The van der Waals surface area contributed by atoms with E-state index in [1.165, 1.54) is 37.7 Å². The quantitative estimate of drug-likeness (QED) is 0.855. The zero-order valence-electron chi connectivity index (χ0n) is 11.7. The lowest BCUT2D eigenvalue weighted by molar-refractivity contribution is -0.135. The summed E-state index contributed by atoms with van der Waals surface area (Å²) in [6.45, 7) is 2.20. The molecule has 1 aromatic rings. The maximum atomic E-state index is 6.50. The summed E-state index contributed by atoms with van der Waals surface area (Å²) in [5.74, 6) is 1.68. The number of hydrogen-bond acceptors (Lipinski definition) is 4. The second kappa shape index (κ2) is 4.93. The van der Waals surface area contributed by atoms with Gasteiger partial charge >= 0.3 is 0 Å². The van der Waals surface area contributed by atoms with Crippen LogP contribution in [0.2, 0.25) is 0 Å². The molecule has 2 heterocycles. The lowest BCUT2D eigenvalue weighted by Gasteiger charge is -2.44. The summed E-state index contributed by atoms with van der Waals surface area (Å²) in [4.78, 5) is 0. The highest BCUT2D eigenvalue weighted by Gasteiger charge is 2.38. The van der Waals surface area contributed by atoms with E-state index in [1.54, 1.807) is 0 Å². The van der Waals surface area contributed by atoms with Crippen LogP contribution in [-0.2, 0) is 4.74 Å². The molecule has 1 saturated heterocycles. The van der Waals surface area contributed by atoms with Gasteiger partial charge in [-0.05, 0) is 30.5 Å². The van der Waals surface area contributed by atoms with E-state index in [2.05, 4.69) is 17.4 Å². The minimum Gasteiger partial charge on any atom is -0.454 e. The second-order valence-electron chi connectivity index (χ2n) is 6.09. The van der Waals surface area contributed by atoms with E-state index in [1.807, 2.05) is 6.07 Å². The number of morpholine rings is 1. The molecule has 2 aliphatic heterocycles. The predicted octanol–water partition coefficient (Wildman–Crippen LogP) is 2.78. The predicted molar refractivity (Wildman–Crippen MR) is 75.1 cm³/mol. The number of hydrogen-bond donors (Lipinski definition) is 1. The fourth-order valence-corrected chi connectivity index (χ4v) is 3.61. The molecule has 1 spiro atoms. The highest BCUT2D eigenvalue weighted by molar-refractivity contribution is 5.45. The summed E-state index contributed by atoms with van der Waals surface area (Å²) < 4.78 is 17.3. The van der Waals surface area contributed by atoms with Crippen LogP contribution >= 0.6 is 0 Å². The van der Waals surface area contributed by atoms with Crippen LogP contribution in [0.3, 0.4) is 0 Å². The van der Waals surface area contributed by atoms with Gasteiger partial charge in [-0.25, -0.2) is 0 Å². The Kier molecular flexibility index (Phi) is 3.08. The summed E-state index contributed by atoms with van der Waals surface area (Å²) in [7, 11) is 0. The van der Waals surface area contributed by atoms with E-state index in [4.69, 9.17) is 14.2 Å². The molecule has 20 heavy (non-hydrogen) atoms. The van der Waals surface area contributed by atoms with Crippen LogP contribution in [0.1, 0.15) is 43.8 Å². The summed E-state index contributed by atoms with van der Waals surface area (Å²) >= 11 is 0. The van der Waals surface area contributed by atoms with Gasteiger partial charge in [-0.2, -0.15) is 0 Å². The highest BCUT2D eigenvalue weighted by Crippen LogP contribution is 2.40. The molecule has 4 heteroatoms. The van der Waals surface area contributed by atoms with E-state index in [9.17, 15) is 0 Å². The summed E-state index contributed by atoms with van der Waals surface area (Å²) in [5, 5.41) is 3.56. The molecule has 4 rings (SSSR count). The molecule has 1 N–H and O–H groups in total. The smallest absolute Gasteiger partial charge is 0.231 e. The Morgan fingerprint density at radius 3 is 2.80 bits per heavy atom. The maximum Gasteiger partial charge on any atom is 0.231 e. The van der Waals surface area contributed by atoms with Crippen LogP contribution in [-0.4, -0.2) is 25.5 Å². The summed E-state index contributed by atoms with van der Waals surface area (Å²) in [6.07, 6.45) is 6.41. The Labute approximate surface area is 119 Å². The number of nitrogens with one attached hydrogen (secondary N) is 1. The normalized spacial score (nSPS) is 27.7. The van der Waals surface area contributed by atoms with Crippen molar-refractivity contribution in [2.24, 2.45) is 0 Å². The molecular formula is C16H21NO3. The first-order valence-corrected chi connectivity index (χ1v) is 7.63. The molecule has 0 bridgehead atoms. The molecule has 1 aromatic carbocycles. The van der Waals surface area contributed by atoms with Gasteiger partial charge in [0, 0.05) is 13.1 Å². The lowest BCUT2D eigenvalue weighted by atomic mass is 9.83. The van der Waals surface area contributed by atoms with E-state index >= 15 is 0 Å². The van der Waals surface area contributed by atoms with Crippen molar-refractivity contribution in [1.82, 2.24) is 5.32 Å². The molecule has 1 aliphatic carbocycles. The molecule has 0 radical (unpaired) electrons. The fourth-order valence-electron chi connectivity index (χ4n) is 3.61. The maximum absolute atomic E-state index is 6.50. The summed E-state index contributed by atoms with van der Waals surface area (Å²) in [5.41, 5.74) is 1.24. The molecule has 3 aliphatic rings. The van der Waals surface area contributed by atoms with Gasteiger partial charge in [0.25, 0.3) is 0 Å². The molecule has 1 unspecified atom stereocenters. The number of rotatable bonds is 1. The van der Waals surface area contributed by atoms with Crippen LogP contribution in [0.4, 0.5) is 0 Å². The zero-order valence-corrected chi connectivity index (χ0v) is 11.7. The van der Waals surface area contributed by atoms with Crippen molar-refractivity contribution < 1.29 is 14.2 Å². The van der Waals surface area contributed by atoms with Crippen LogP contribution in [0.5, 0.6) is 11.5 Å². The van der Waals surface area contributed by atoms with Gasteiger partial charge in [0.2, 0.25) is 6.79 Å². The number of ether oxygens (including phenoxy) is 3. The molecular weight excluding hydrogens is 254 g/mol. The molecule has 0 amide bonds. The van der Waals surface area contributed by atoms with E-state index in [0.717, 1.165) is 24.6 Å². The third-order valence-electron chi connectivity index (χ3n) is 4.70. The Morgan fingerprint density at radius 1 is 1.05 bits per heavy atom. The highest BCUT2D eigenvalue weighted by atomic mass is 16.7. The number of benzene rings is 1. The Balaban J connectivity index is 1.55. The fraction of sp³-hybridized carbons (Fsp3) is 0.625. The summed E-state index contributed by atoms with van der Waals surface area (Å²) in [6, 6.07) is 6.15. The largest absolute Gasteiger partial charge is 0.454 e. The zero-order chi connectivity index (χ0) is 13.4. The van der Waals surface area contributed by atoms with Gasteiger partial charge in [-0.15, -0.1) is 0 Å². The molecule has 4 nitrogen and oxygen atoms in total. The first kappa shape index (κ1) is 12.5. The third-order valence-corrected chi connectivity index (χ3v) is 4.70. The molecule has 2 fully saturated rings. The van der Waals surface area contributed by atoms with Gasteiger partial charge in [0.1, 0.15) is 0 Å². The molecule has 1 saturated carbocycles. The van der Waals surface area contributed by atoms with Crippen molar-refractivity contribution in [3.63, 3.8) is 0 Å². The van der Waals surface area contributed by atoms with E-state index < -0.39 is 0 Å². The van der Waals surface area contributed by atoms with E-state index in [-0.39, 0.29) is 11.7 Å². The van der Waals surface area contributed by atoms with Crippen molar-refractivity contribution in [2.45, 2.75) is 43.8 Å². The Bertz CT molecular complexity index is 491.